The van der Waals surface area contributed by atoms with Gasteiger partial charge in [0.15, 0.2) is 23.0 Å². The van der Waals surface area contributed by atoms with Gasteiger partial charge in [-0.2, -0.15) is 0 Å². The minimum atomic E-state index is 0.316. The molecule has 0 aliphatic carbocycles. The molecule has 4 atom stereocenters. The molecule has 2 aromatic carbocycles. The molecule has 5 heterocycles. The first-order valence-corrected chi connectivity index (χ1v) is 12.0. The Hall–Kier alpha value is -2.44. The Morgan fingerprint density at radius 3 is 2.06 bits per heavy atom. The van der Waals surface area contributed by atoms with Gasteiger partial charge in [0.1, 0.15) is 0 Å². The molecule has 7 rings (SSSR count). The topological polar surface area (TPSA) is 43.4 Å². The Morgan fingerprint density at radius 1 is 0.875 bits per heavy atom. The normalized spacial score (nSPS) is 27.3. The maximum Gasteiger partial charge on any atom is 0.231 e. The molecule has 32 heavy (non-hydrogen) atoms. The molecule has 6 nitrogen and oxygen atoms in total. The zero-order valence-electron chi connectivity index (χ0n) is 18.8. The number of piperidine rings is 3. The average molecular weight is 437 g/mol. The summed E-state index contributed by atoms with van der Waals surface area (Å²) in [5.41, 5.74) is 2.52. The van der Waals surface area contributed by atoms with E-state index in [-0.39, 0.29) is 0 Å². The summed E-state index contributed by atoms with van der Waals surface area (Å²) >= 11 is 0. The first kappa shape index (κ1) is 20.2. The lowest BCUT2D eigenvalue weighted by Crippen LogP contribution is -2.56. The van der Waals surface area contributed by atoms with E-state index in [1.807, 2.05) is 12.1 Å². The van der Waals surface area contributed by atoms with Crippen LogP contribution < -0.4 is 18.9 Å². The third-order valence-electron chi connectivity index (χ3n) is 7.69. The van der Waals surface area contributed by atoms with Gasteiger partial charge in [0.25, 0.3) is 0 Å². The molecular formula is C26H32N2O4. The van der Waals surface area contributed by atoms with Crippen LogP contribution in [0.2, 0.25) is 0 Å². The van der Waals surface area contributed by atoms with Crippen LogP contribution in [0, 0.1) is 11.8 Å². The molecule has 170 valence electrons. The molecule has 0 spiro atoms. The van der Waals surface area contributed by atoms with Gasteiger partial charge in [-0.3, -0.25) is 9.80 Å². The molecule has 0 aromatic heterocycles. The van der Waals surface area contributed by atoms with E-state index in [0.717, 1.165) is 54.5 Å². The molecular weight excluding hydrogens is 404 g/mol. The fourth-order valence-electron chi connectivity index (χ4n) is 5.98. The summed E-state index contributed by atoms with van der Waals surface area (Å²) in [5.74, 6) is 5.19. The molecule has 5 aliphatic heterocycles. The van der Waals surface area contributed by atoms with Gasteiger partial charge in [-0.1, -0.05) is 25.5 Å². The van der Waals surface area contributed by atoms with Crippen LogP contribution in [0.3, 0.4) is 0 Å². The van der Waals surface area contributed by atoms with E-state index in [1.165, 1.54) is 43.5 Å². The van der Waals surface area contributed by atoms with Crippen LogP contribution in [-0.2, 0) is 13.1 Å². The van der Waals surface area contributed by atoms with E-state index in [2.05, 4.69) is 41.0 Å². The Morgan fingerprint density at radius 2 is 1.50 bits per heavy atom. The monoisotopic (exact) mass is 436 g/mol. The Bertz CT molecular complexity index is 921. The van der Waals surface area contributed by atoms with E-state index < -0.39 is 0 Å². The van der Waals surface area contributed by atoms with Gasteiger partial charge >= 0.3 is 0 Å². The SMILES string of the molecule is CC[C@@H]1CN2CC[C@H]1C[C@@H]2CN(Cc1ccc2c(c1)OCO2)Cc1ccc2c(c1)OCO2. The lowest BCUT2D eigenvalue weighted by atomic mass is 9.74. The van der Waals surface area contributed by atoms with Crippen LogP contribution in [0.4, 0.5) is 0 Å². The van der Waals surface area contributed by atoms with Crippen LogP contribution in [-0.4, -0.2) is 49.1 Å². The van der Waals surface area contributed by atoms with Crippen molar-refractivity contribution in [2.45, 2.75) is 45.3 Å². The summed E-state index contributed by atoms with van der Waals surface area (Å²) in [6, 6.07) is 13.3. The predicted octanol–water partition coefficient (Wildman–Crippen LogP) is 4.27. The van der Waals surface area contributed by atoms with E-state index in [9.17, 15) is 0 Å². The average Bonchev–Trinajstić information content (AvgIpc) is 3.48. The van der Waals surface area contributed by atoms with Crippen LogP contribution in [0.1, 0.15) is 37.3 Å². The summed E-state index contributed by atoms with van der Waals surface area (Å²) in [6.45, 7) is 8.37. The molecule has 0 saturated carbocycles. The molecule has 2 aromatic rings. The zero-order chi connectivity index (χ0) is 21.5. The minimum Gasteiger partial charge on any atom is -0.454 e. The van der Waals surface area contributed by atoms with Gasteiger partial charge in [0.2, 0.25) is 13.6 Å². The molecule has 2 bridgehead atoms. The van der Waals surface area contributed by atoms with E-state index >= 15 is 0 Å². The molecule has 0 amide bonds. The maximum absolute atomic E-state index is 5.62. The highest BCUT2D eigenvalue weighted by Crippen LogP contribution is 2.39. The van der Waals surface area contributed by atoms with Crippen molar-refractivity contribution < 1.29 is 18.9 Å². The van der Waals surface area contributed by atoms with Crippen molar-refractivity contribution >= 4 is 0 Å². The minimum absolute atomic E-state index is 0.316. The second-order valence-corrected chi connectivity index (χ2v) is 9.65. The molecule has 5 aliphatic rings. The fourth-order valence-corrected chi connectivity index (χ4v) is 5.98. The van der Waals surface area contributed by atoms with Crippen molar-refractivity contribution in [3.8, 4) is 23.0 Å². The zero-order valence-corrected chi connectivity index (χ0v) is 18.8. The van der Waals surface area contributed by atoms with Crippen LogP contribution in [0.5, 0.6) is 23.0 Å². The third kappa shape index (κ3) is 3.90. The van der Waals surface area contributed by atoms with Gasteiger partial charge in [-0.05, 0) is 66.6 Å². The molecule has 6 heteroatoms. The van der Waals surface area contributed by atoms with Gasteiger partial charge in [0.05, 0.1) is 0 Å². The third-order valence-corrected chi connectivity index (χ3v) is 7.69. The van der Waals surface area contributed by atoms with E-state index in [4.69, 9.17) is 18.9 Å². The summed E-state index contributed by atoms with van der Waals surface area (Å²) in [7, 11) is 0. The fraction of sp³-hybridized carbons (Fsp3) is 0.538. The molecule has 3 fully saturated rings. The molecule has 3 saturated heterocycles. The smallest absolute Gasteiger partial charge is 0.231 e. The summed E-state index contributed by atoms with van der Waals surface area (Å²) < 4.78 is 22.3. The first-order valence-electron chi connectivity index (χ1n) is 12.0. The number of fused-ring (bicyclic) bond motifs is 5. The summed E-state index contributed by atoms with van der Waals surface area (Å²) in [4.78, 5) is 5.34. The number of rotatable bonds is 7. The Labute approximate surface area is 190 Å². The lowest BCUT2D eigenvalue weighted by molar-refractivity contribution is -0.0161. The van der Waals surface area contributed by atoms with Crippen molar-refractivity contribution in [2.75, 3.05) is 33.2 Å². The highest BCUT2D eigenvalue weighted by atomic mass is 16.7. The van der Waals surface area contributed by atoms with Gasteiger partial charge < -0.3 is 18.9 Å². The molecule has 0 N–H and O–H groups in total. The number of hydrogen-bond donors (Lipinski definition) is 0. The quantitative estimate of drug-likeness (QED) is 0.646. The van der Waals surface area contributed by atoms with Crippen LogP contribution >= 0.6 is 0 Å². The highest BCUT2D eigenvalue weighted by molar-refractivity contribution is 5.45. The lowest BCUT2D eigenvalue weighted by Gasteiger charge is -2.51. The van der Waals surface area contributed by atoms with Gasteiger partial charge in [-0.15, -0.1) is 0 Å². The number of hydrogen-bond acceptors (Lipinski definition) is 6. The first-order chi connectivity index (χ1) is 15.7. The van der Waals surface area contributed by atoms with E-state index in [1.54, 1.807) is 0 Å². The van der Waals surface area contributed by atoms with Crippen molar-refractivity contribution in [1.82, 2.24) is 9.80 Å². The number of benzene rings is 2. The number of ether oxygens (including phenoxy) is 4. The largest absolute Gasteiger partial charge is 0.454 e. The Balaban J connectivity index is 1.21. The molecule has 1 unspecified atom stereocenters. The second kappa shape index (κ2) is 8.49. The Kier molecular flexibility index (Phi) is 5.35. The van der Waals surface area contributed by atoms with Gasteiger partial charge in [-0.25, -0.2) is 0 Å². The summed E-state index contributed by atoms with van der Waals surface area (Å²) in [6.07, 6.45) is 4.02. The van der Waals surface area contributed by atoms with Crippen molar-refractivity contribution in [1.29, 1.82) is 0 Å². The summed E-state index contributed by atoms with van der Waals surface area (Å²) in [5, 5.41) is 0. The maximum atomic E-state index is 5.62. The van der Waals surface area contributed by atoms with Crippen molar-refractivity contribution in [3.05, 3.63) is 47.5 Å². The van der Waals surface area contributed by atoms with Gasteiger partial charge in [0, 0.05) is 32.2 Å². The number of nitrogens with zero attached hydrogens (tertiary/aromatic N) is 2. The van der Waals surface area contributed by atoms with E-state index in [0.29, 0.717) is 19.6 Å². The predicted molar refractivity (Wildman–Crippen MR) is 121 cm³/mol. The standard InChI is InChI=1S/C26H32N2O4/c1-2-20-14-28-8-7-21(20)11-22(28)15-27(12-18-3-5-23-25(9-18)31-16-29-23)13-19-4-6-24-26(10-19)32-17-30-24/h3-6,9-10,20-22H,2,7-8,11-17H2,1H3/t20-,21+,22-/m1/s1. The van der Waals surface area contributed by atoms with Crippen molar-refractivity contribution in [2.24, 2.45) is 11.8 Å². The van der Waals surface area contributed by atoms with Crippen LogP contribution in [0.15, 0.2) is 36.4 Å². The second-order valence-electron chi connectivity index (χ2n) is 9.65. The highest BCUT2D eigenvalue weighted by Gasteiger charge is 2.39. The molecule has 0 radical (unpaired) electrons. The van der Waals surface area contributed by atoms with Crippen LogP contribution in [0.25, 0.3) is 0 Å². The van der Waals surface area contributed by atoms with Crippen molar-refractivity contribution in [3.63, 3.8) is 0 Å².